The molecule has 16 heavy (non-hydrogen) atoms. The van der Waals surface area contributed by atoms with Crippen LogP contribution in [0.3, 0.4) is 0 Å². The molecule has 0 N–H and O–H groups in total. The van der Waals surface area contributed by atoms with Crippen molar-refractivity contribution < 1.29 is 0 Å². The van der Waals surface area contributed by atoms with Crippen molar-refractivity contribution in [3.63, 3.8) is 0 Å². The molecule has 0 radical (unpaired) electrons. The van der Waals surface area contributed by atoms with Crippen molar-refractivity contribution >= 4 is 11.6 Å². The summed E-state index contributed by atoms with van der Waals surface area (Å²) in [6.07, 6.45) is 9.25. The van der Waals surface area contributed by atoms with Crippen molar-refractivity contribution in [1.29, 1.82) is 0 Å². The van der Waals surface area contributed by atoms with Gasteiger partial charge in [-0.2, -0.15) is 5.10 Å². The highest BCUT2D eigenvalue weighted by molar-refractivity contribution is 6.18. The van der Waals surface area contributed by atoms with Gasteiger partial charge in [0, 0.05) is 37.3 Å². The third-order valence-corrected chi connectivity index (χ3v) is 3.68. The summed E-state index contributed by atoms with van der Waals surface area (Å²) in [5.41, 5.74) is 1.29. The van der Waals surface area contributed by atoms with E-state index in [9.17, 15) is 0 Å². The van der Waals surface area contributed by atoms with E-state index in [0.29, 0.717) is 6.04 Å². The van der Waals surface area contributed by atoms with Crippen molar-refractivity contribution in [2.75, 3.05) is 12.4 Å². The van der Waals surface area contributed by atoms with Crippen LogP contribution in [0.4, 0.5) is 0 Å². The predicted octanol–water partition coefficient (Wildman–Crippen LogP) is 2.40. The molecule has 1 aliphatic rings. The Bertz CT molecular complexity index is 324. The molecule has 90 valence electrons. The predicted molar refractivity (Wildman–Crippen MR) is 66.6 cm³/mol. The zero-order valence-corrected chi connectivity index (χ0v) is 10.7. The van der Waals surface area contributed by atoms with E-state index in [1.165, 1.54) is 37.8 Å². The molecule has 2 heterocycles. The third kappa shape index (κ3) is 2.98. The van der Waals surface area contributed by atoms with Crippen molar-refractivity contribution in [3.05, 3.63) is 18.0 Å². The van der Waals surface area contributed by atoms with Gasteiger partial charge in [-0.25, -0.2) is 0 Å². The zero-order chi connectivity index (χ0) is 11.4. The molecule has 0 spiro atoms. The Morgan fingerprint density at radius 1 is 1.44 bits per heavy atom. The first-order valence-corrected chi connectivity index (χ1v) is 6.60. The van der Waals surface area contributed by atoms with Crippen molar-refractivity contribution in [1.82, 2.24) is 14.7 Å². The Labute approximate surface area is 102 Å². The number of hydrogen-bond donors (Lipinski definition) is 0. The van der Waals surface area contributed by atoms with Gasteiger partial charge in [-0.1, -0.05) is 12.8 Å². The van der Waals surface area contributed by atoms with Gasteiger partial charge in [0.25, 0.3) is 0 Å². The first-order chi connectivity index (χ1) is 7.79. The molecular weight excluding hydrogens is 222 g/mol. The first-order valence-electron chi connectivity index (χ1n) is 6.07. The van der Waals surface area contributed by atoms with Gasteiger partial charge in [0.05, 0.1) is 6.20 Å². The van der Waals surface area contributed by atoms with E-state index in [1.807, 2.05) is 17.9 Å². The minimum Gasteiger partial charge on any atom is -0.295 e. The Morgan fingerprint density at radius 3 is 3.00 bits per heavy atom. The quantitative estimate of drug-likeness (QED) is 0.758. The SMILES string of the molecule is Cn1cc(CN2CCCCCC2CCl)cn1. The lowest BCUT2D eigenvalue weighted by molar-refractivity contribution is 0.207. The molecular formula is C12H20ClN3. The van der Waals surface area contributed by atoms with Crippen molar-refractivity contribution in [2.24, 2.45) is 7.05 Å². The molecule has 1 aromatic heterocycles. The van der Waals surface area contributed by atoms with Gasteiger partial charge in [-0.15, -0.1) is 11.6 Å². The second-order valence-electron chi connectivity index (χ2n) is 4.65. The highest BCUT2D eigenvalue weighted by Gasteiger charge is 2.20. The third-order valence-electron chi connectivity index (χ3n) is 3.32. The monoisotopic (exact) mass is 241 g/mol. The van der Waals surface area contributed by atoms with E-state index in [-0.39, 0.29) is 0 Å². The van der Waals surface area contributed by atoms with Crippen LogP contribution >= 0.6 is 11.6 Å². The first kappa shape index (κ1) is 11.9. The molecule has 1 atom stereocenters. The Kier molecular flexibility index (Phi) is 4.24. The molecule has 1 aliphatic heterocycles. The molecule has 0 bridgehead atoms. The van der Waals surface area contributed by atoms with Gasteiger partial charge < -0.3 is 0 Å². The Morgan fingerprint density at radius 2 is 2.31 bits per heavy atom. The van der Waals surface area contributed by atoms with Gasteiger partial charge in [-0.05, 0) is 19.4 Å². The molecule has 1 aromatic rings. The minimum absolute atomic E-state index is 0.546. The maximum absolute atomic E-state index is 6.06. The van der Waals surface area contributed by atoms with Crippen LogP contribution in [0.5, 0.6) is 0 Å². The fourth-order valence-electron chi connectivity index (χ4n) is 2.41. The second kappa shape index (κ2) is 5.69. The van der Waals surface area contributed by atoms with E-state index < -0.39 is 0 Å². The maximum atomic E-state index is 6.06. The number of nitrogens with zero attached hydrogens (tertiary/aromatic N) is 3. The van der Waals surface area contributed by atoms with Crippen molar-refractivity contribution in [3.8, 4) is 0 Å². The Balaban J connectivity index is 1.99. The summed E-state index contributed by atoms with van der Waals surface area (Å²) in [5, 5.41) is 4.21. The number of alkyl halides is 1. The van der Waals surface area contributed by atoms with Gasteiger partial charge in [-0.3, -0.25) is 9.58 Å². The molecule has 4 heteroatoms. The minimum atomic E-state index is 0.546. The zero-order valence-electron chi connectivity index (χ0n) is 9.90. The maximum Gasteiger partial charge on any atom is 0.0534 e. The van der Waals surface area contributed by atoms with E-state index in [0.717, 1.165) is 12.4 Å². The number of rotatable bonds is 3. The Hall–Kier alpha value is -0.540. The van der Waals surface area contributed by atoms with Gasteiger partial charge in [0.1, 0.15) is 0 Å². The average molecular weight is 242 g/mol. The molecule has 1 fully saturated rings. The van der Waals surface area contributed by atoms with E-state index in [2.05, 4.69) is 16.2 Å². The van der Waals surface area contributed by atoms with Crippen LogP contribution in [0.1, 0.15) is 31.2 Å². The number of likely N-dealkylation sites (tertiary alicyclic amines) is 1. The van der Waals surface area contributed by atoms with Crippen LogP contribution in [-0.2, 0) is 13.6 Å². The summed E-state index contributed by atoms with van der Waals surface area (Å²) in [5.74, 6) is 0.750. The number of halogens is 1. The molecule has 1 unspecified atom stereocenters. The fraction of sp³-hybridized carbons (Fsp3) is 0.750. The molecule has 0 aliphatic carbocycles. The number of hydrogen-bond acceptors (Lipinski definition) is 2. The lowest BCUT2D eigenvalue weighted by atomic mass is 10.1. The number of aryl methyl sites for hydroxylation is 1. The smallest absolute Gasteiger partial charge is 0.0534 e. The van der Waals surface area contributed by atoms with E-state index in [1.54, 1.807) is 0 Å². The molecule has 3 nitrogen and oxygen atoms in total. The molecule has 0 amide bonds. The normalized spacial score (nSPS) is 23.2. The van der Waals surface area contributed by atoms with Crippen LogP contribution in [-0.4, -0.2) is 33.1 Å². The highest BCUT2D eigenvalue weighted by Crippen LogP contribution is 2.19. The lowest BCUT2D eigenvalue weighted by Crippen LogP contribution is -2.35. The van der Waals surface area contributed by atoms with E-state index >= 15 is 0 Å². The van der Waals surface area contributed by atoms with Gasteiger partial charge >= 0.3 is 0 Å². The molecule has 0 aromatic carbocycles. The number of aromatic nitrogens is 2. The molecule has 1 saturated heterocycles. The van der Waals surface area contributed by atoms with E-state index in [4.69, 9.17) is 11.6 Å². The topological polar surface area (TPSA) is 21.1 Å². The van der Waals surface area contributed by atoms with Crippen LogP contribution in [0, 0.1) is 0 Å². The van der Waals surface area contributed by atoms with Crippen molar-refractivity contribution in [2.45, 2.75) is 38.3 Å². The summed E-state index contributed by atoms with van der Waals surface area (Å²) < 4.78 is 1.86. The average Bonchev–Trinajstić information content (AvgIpc) is 2.56. The van der Waals surface area contributed by atoms with Crippen LogP contribution in [0.15, 0.2) is 12.4 Å². The second-order valence-corrected chi connectivity index (χ2v) is 4.96. The lowest BCUT2D eigenvalue weighted by Gasteiger charge is -2.27. The summed E-state index contributed by atoms with van der Waals surface area (Å²) >= 11 is 6.06. The fourth-order valence-corrected chi connectivity index (χ4v) is 2.76. The summed E-state index contributed by atoms with van der Waals surface area (Å²) in [4.78, 5) is 2.51. The highest BCUT2D eigenvalue weighted by atomic mass is 35.5. The van der Waals surface area contributed by atoms with Crippen LogP contribution in [0.2, 0.25) is 0 Å². The standard InChI is InChI=1S/C12H20ClN3/c1-15-9-11(8-14-15)10-16-6-4-2-3-5-12(16)7-13/h8-9,12H,2-7,10H2,1H3. The van der Waals surface area contributed by atoms with Crippen LogP contribution < -0.4 is 0 Å². The summed E-state index contributed by atoms with van der Waals surface area (Å²) in [6.45, 7) is 2.16. The van der Waals surface area contributed by atoms with Gasteiger partial charge in [0.15, 0.2) is 0 Å². The van der Waals surface area contributed by atoms with Gasteiger partial charge in [0.2, 0.25) is 0 Å². The molecule has 0 saturated carbocycles. The summed E-state index contributed by atoms with van der Waals surface area (Å²) in [6, 6.07) is 0.546. The molecule has 2 rings (SSSR count). The van der Waals surface area contributed by atoms with Crippen LogP contribution in [0.25, 0.3) is 0 Å². The summed E-state index contributed by atoms with van der Waals surface area (Å²) in [7, 11) is 1.96. The largest absolute Gasteiger partial charge is 0.295 e.